The smallest absolute Gasteiger partial charge is 0.238 e. The van der Waals surface area contributed by atoms with Crippen molar-refractivity contribution in [3.05, 3.63) is 28.2 Å². The maximum absolute atomic E-state index is 11.6. The van der Waals surface area contributed by atoms with Crippen LogP contribution in [0.1, 0.15) is 19.4 Å². The van der Waals surface area contributed by atoms with E-state index in [0.717, 1.165) is 0 Å². The number of amides is 1. The van der Waals surface area contributed by atoms with Crippen LogP contribution in [0.4, 0.5) is 5.69 Å². The third-order valence-corrected chi connectivity index (χ3v) is 2.70. The van der Waals surface area contributed by atoms with Crippen LogP contribution < -0.4 is 10.6 Å². The molecule has 1 aromatic carbocycles. The Morgan fingerprint density at radius 3 is 2.76 bits per heavy atom. The van der Waals surface area contributed by atoms with Gasteiger partial charge in [-0.3, -0.25) is 4.79 Å². The van der Waals surface area contributed by atoms with Crippen LogP contribution in [0.5, 0.6) is 0 Å². The lowest BCUT2D eigenvalue weighted by Gasteiger charge is -2.10. The summed E-state index contributed by atoms with van der Waals surface area (Å²) in [7, 11) is 0. The van der Waals surface area contributed by atoms with Crippen LogP contribution in [-0.2, 0) is 4.79 Å². The molecule has 1 amide bonds. The number of hydrogen-bond acceptors (Lipinski definition) is 3. The normalized spacial score (nSPS) is 10.1. The van der Waals surface area contributed by atoms with Gasteiger partial charge >= 0.3 is 0 Å². The highest BCUT2D eigenvalue weighted by molar-refractivity contribution is 9.10. The van der Waals surface area contributed by atoms with Crippen molar-refractivity contribution < 1.29 is 4.79 Å². The van der Waals surface area contributed by atoms with E-state index in [1.807, 2.05) is 19.9 Å². The van der Waals surface area contributed by atoms with Gasteiger partial charge in [-0.25, -0.2) is 0 Å². The Kier molecular flexibility index (Phi) is 5.13. The van der Waals surface area contributed by atoms with Gasteiger partial charge in [0, 0.05) is 10.5 Å². The summed E-state index contributed by atoms with van der Waals surface area (Å²) in [4.78, 5) is 11.6. The third kappa shape index (κ3) is 4.55. The lowest BCUT2D eigenvalue weighted by Crippen LogP contribution is -2.32. The molecular weight excluding hydrogens is 282 g/mol. The number of hydrogen-bond donors (Lipinski definition) is 2. The van der Waals surface area contributed by atoms with Gasteiger partial charge in [-0.1, -0.05) is 13.8 Å². The predicted octanol–water partition coefficient (Wildman–Crippen LogP) is 2.26. The molecule has 0 fully saturated rings. The van der Waals surface area contributed by atoms with Crippen LogP contribution in [-0.4, -0.2) is 18.5 Å². The van der Waals surface area contributed by atoms with E-state index in [1.54, 1.807) is 18.2 Å². The summed E-state index contributed by atoms with van der Waals surface area (Å²) in [6.45, 7) is 4.22. The van der Waals surface area contributed by atoms with Crippen LogP contribution in [0.2, 0.25) is 0 Å². The Bertz CT molecular complexity index is 452. The van der Waals surface area contributed by atoms with Crippen LogP contribution in [0.3, 0.4) is 0 Å². The summed E-state index contributed by atoms with van der Waals surface area (Å²) in [5.41, 5.74) is 1.22. The molecule has 0 saturated carbocycles. The van der Waals surface area contributed by atoms with E-state index in [2.05, 4.69) is 26.6 Å². The first-order valence-corrected chi connectivity index (χ1v) is 6.05. The Hall–Kier alpha value is -1.38. The van der Waals surface area contributed by atoms with Gasteiger partial charge in [0.1, 0.15) is 0 Å². The van der Waals surface area contributed by atoms with Gasteiger partial charge in [-0.05, 0) is 34.1 Å². The van der Waals surface area contributed by atoms with Crippen LogP contribution in [0, 0.1) is 11.3 Å². The van der Waals surface area contributed by atoms with E-state index in [9.17, 15) is 4.79 Å². The van der Waals surface area contributed by atoms with Gasteiger partial charge in [0.25, 0.3) is 0 Å². The summed E-state index contributed by atoms with van der Waals surface area (Å²) >= 11 is 3.31. The summed E-state index contributed by atoms with van der Waals surface area (Å²) < 4.78 is 0.703. The van der Waals surface area contributed by atoms with Crippen molar-refractivity contribution >= 4 is 27.5 Å². The van der Waals surface area contributed by atoms with Crippen molar-refractivity contribution in [2.75, 3.05) is 11.9 Å². The third-order valence-electron chi connectivity index (χ3n) is 2.04. The molecule has 0 unspecified atom stereocenters. The second-order valence-electron chi connectivity index (χ2n) is 3.89. The summed E-state index contributed by atoms with van der Waals surface area (Å²) in [5, 5.41) is 14.5. The van der Waals surface area contributed by atoms with Crippen molar-refractivity contribution in [1.82, 2.24) is 5.32 Å². The molecule has 0 aliphatic heterocycles. The average Bonchev–Trinajstić information content (AvgIpc) is 2.29. The first kappa shape index (κ1) is 13.7. The first-order valence-electron chi connectivity index (χ1n) is 5.26. The molecule has 5 heteroatoms. The molecule has 1 rings (SSSR count). The maximum Gasteiger partial charge on any atom is 0.238 e. The fraction of sp³-hybridized carbons (Fsp3) is 0.333. The maximum atomic E-state index is 11.6. The van der Waals surface area contributed by atoms with E-state index < -0.39 is 0 Å². The summed E-state index contributed by atoms with van der Waals surface area (Å²) in [6.07, 6.45) is 0. The van der Waals surface area contributed by atoms with E-state index in [4.69, 9.17) is 5.26 Å². The van der Waals surface area contributed by atoms with E-state index in [0.29, 0.717) is 15.7 Å². The molecule has 2 N–H and O–H groups in total. The number of benzene rings is 1. The highest BCUT2D eigenvalue weighted by Gasteiger charge is 2.06. The second-order valence-corrected chi connectivity index (χ2v) is 4.74. The zero-order chi connectivity index (χ0) is 12.8. The topological polar surface area (TPSA) is 64.9 Å². The number of carbonyl (C=O) groups is 1. The average molecular weight is 296 g/mol. The molecule has 0 spiro atoms. The van der Waals surface area contributed by atoms with Crippen LogP contribution in [0.25, 0.3) is 0 Å². The molecule has 0 heterocycles. The fourth-order valence-corrected chi connectivity index (χ4v) is 1.66. The monoisotopic (exact) mass is 295 g/mol. The van der Waals surface area contributed by atoms with Gasteiger partial charge in [0.15, 0.2) is 0 Å². The molecule has 0 aromatic heterocycles. The number of nitrogens with zero attached hydrogens (tertiary/aromatic N) is 1. The minimum atomic E-state index is -0.107. The Morgan fingerprint density at radius 1 is 1.53 bits per heavy atom. The second kappa shape index (κ2) is 6.38. The number of carbonyl (C=O) groups excluding carboxylic acids is 1. The SMILES string of the molecule is CC(C)NCC(=O)Nc1ccc(C#N)cc1Br. The Balaban J connectivity index is 2.63. The number of halogens is 1. The van der Waals surface area contributed by atoms with E-state index in [1.165, 1.54) is 0 Å². The molecule has 17 heavy (non-hydrogen) atoms. The minimum Gasteiger partial charge on any atom is -0.324 e. The summed E-state index contributed by atoms with van der Waals surface area (Å²) in [5.74, 6) is -0.107. The predicted molar refractivity (Wildman–Crippen MR) is 70.6 cm³/mol. The molecule has 0 saturated heterocycles. The first-order chi connectivity index (χ1) is 8.02. The zero-order valence-electron chi connectivity index (χ0n) is 9.75. The van der Waals surface area contributed by atoms with Gasteiger partial charge in [0.05, 0.1) is 23.9 Å². The standard InChI is InChI=1S/C12H14BrN3O/c1-8(2)15-7-12(17)16-11-4-3-9(6-14)5-10(11)13/h3-5,8,15H,7H2,1-2H3,(H,16,17). The number of anilines is 1. The Morgan fingerprint density at radius 2 is 2.24 bits per heavy atom. The molecule has 0 aliphatic rings. The number of nitrogens with one attached hydrogen (secondary N) is 2. The zero-order valence-corrected chi connectivity index (χ0v) is 11.3. The molecule has 0 bridgehead atoms. The van der Waals surface area contributed by atoms with Gasteiger partial charge < -0.3 is 10.6 Å². The number of nitriles is 1. The van der Waals surface area contributed by atoms with Crippen molar-refractivity contribution in [2.45, 2.75) is 19.9 Å². The van der Waals surface area contributed by atoms with Crippen LogP contribution >= 0.6 is 15.9 Å². The highest BCUT2D eigenvalue weighted by atomic mass is 79.9. The Labute approximate surface area is 109 Å². The van der Waals surface area contributed by atoms with Gasteiger partial charge in [0.2, 0.25) is 5.91 Å². The van der Waals surface area contributed by atoms with Crippen molar-refractivity contribution in [3.63, 3.8) is 0 Å². The van der Waals surface area contributed by atoms with E-state index >= 15 is 0 Å². The fourth-order valence-electron chi connectivity index (χ4n) is 1.18. The van der Waals surface area contributed by atoms with Crippen molar-refractivity contribution in [2.24, 2.45) is 0 Å². The molecule has 1 aromatic rings. The van der Waals surface area contributed by atoms with E-state index in [-0.39, 0.29) is 18.5 Å². The molecule has 0 radical (unpaired) electrons. The molecule has 0 atom stereocenters. The highest BCUT2D eigenvalue weighted by Crippen LogP contribution is 2.23. The lowest BCUT2D eigenvalue weighted by atomic mass is 10.2. The molecule has 4 nitrogen and oxygen atoms in total. The van der Waals surface area contributed by atoms with Crippen molar-refractivity contribution in [1.29, 1.82) is 5.26 Å². The largest absolute Gasteiger partial charge is 0.324 e. The van der Waals surface area contributed by atoms with Gasteiger partial charge in [-0.2, -0.15) is 5.26 Å². The lowest BCUT2D eigenvalue weighted by molar-refractivity contribution is -0.115. The molecule has 0 aliphatic carbocycles. The summed E-state index contributed by atoms with van der Waals surface area (Å²) in [6, 6.07) is 7.34. The molecule has 90 valence electrons. The van der Waals surface area contributed by atoms with Crippen LogP contribution in [0.15, 0.2) is 22.7 Å². The number of rotatable bonds is 4. The molecular formula is C12H14BrN3O. The van der Waals surface area contributed by atoms with Gasteiger partial charge in [-0.15, -0.1) is 0 Å². The quantitative estimate of drug-likeness (QED) is 0.895. The van der Waals surface area contributed by atoms with Crippen molar-refractivity contribution in [3.8, 4) is 6.07 Å². The minimum absolute atomic E-state index is 0.107.